The number of hydrogen-bond acceptors (Lipinski definition) is 4. The topological polar surface area (TPSA) is 57.9 Å². The minimum atomic E-state index is 0.371. The van der Waals surface area contributed by atoms with Crippen LogP contribution in [0, 0.1) is 11.3 Å². The van der Waals surface area contributed by atoms with Gasteiger partial charge in [-0.05, 0) is 24.3 Å². The third-order valence-electron chi connectivity index (χ3n) is 2.64. The predicted molar refractivity (Wildman–Crippen MR) is 74.3 cm³/mol. The van der Waals surface area contributed by atoms with Crippen LogP contribution >= 0.6 is 11.6 Å². The highest BCUT2D eigenvalue weighted by Gasteiger charge is 2.07. The van der Waals surface area contributed by atoms with E-state index in [1.165, 1.54) is 0 Å². The summed E-state index contributed by atoms with van der Waals surface area (Å²) in [4.78, 5) is 3.91. The van der Waals surface area contributed by atoms with Gasteiger partial charge in [-0.2, -0.15) is 5.26 Å². The molecule has 0 fully saturated rings. The molecule has 1 aromatic carbocycles. The fraction of sp³-hybridized carbons (Fsp3) is 0.143. The number of benzene rings is 1. The molecule has 0 atom stereocenters. The molecule has 19 heavy (non-hydrogen) atoms. The second kappa shape index (κ2) is 6.07. The number of anilines is 1. The van der Waals surface area contributed by atoms with Gasteiger partial charge < -0.3 is 10.1 Å². The molecule has 4 nitrogen and oxygen atoms in total. The van der Waals surface area contributed by atoms with Crippen molar-refractivity contribution in [3.63, 3.8) is 0 Å². The quantitative estimate of drug-likeness (QED) is 0.929. The second-order valence-electron chi connectivity index (χ2n) is 3.82. The number of pyridine rings is 1. The van der Waals surface area contributed by atoms with Gasteiger partial charge in [0, 0.05) is 29.0 Å². The molecule has 1 aromatic heterocycles. The fourth-order valence-electron chi connectivity index (χ4n) is 1.69. The van der Waals surface area contributed by atoms with Gasteiger partial charge in [0.15, 0.2) is 0 Å². The minimum Gasteiger partial charge on any atom is -0.496 e. The number of aromatic nitrogens is 1. The summed E-state index contributed by atoms with van der Waals surface area (Å²) in [5, 5.41) is 12.6. The van der Waals surface area contributed by atoms with Crippen molar-refractivity contribution >= 4 is 17.3 Å². The average molecular weight is 274 g/mol. The molecule has 0 saturated heterocycles. The minimum absolute atomic E-state index is 0.371. The van der Waals surface area contributed by atoms with E-state index in [2.05, 4.69) is 10.3 Å². The molecule has 0 bridgehead atoms. The lowest BCUT2D eigenvalue weighted by Crippen LogP contribution is -2.03. The van der Waals surface area contributed by atoms with E-state index in [0.717, 1.165) is 17.0 Å². The molecule has 0 saturated carbocycles. The molecule has 2 rings (SSSR count). The van der Waals surface area contributed by atoms with E-state index in [4.69, 9.17) is 21.6 Å². The van der Waals surface area contributed by atoms with E-state index >= 15 is 0 Å². The maximum atomic E-state index is 8.79. The molecule has 0 aliphatic rings. The largest absolute Gasteiger partial charge is 0.496 e. The zero-order valence-electron chi connectivity index (χ0n) is 10.4. The molecule has 1 heterocycles. The summed E-state index contributed by atoms with van der Waals surface area (Å²) < 4.78 is 5.27. The lowest BCUT2D eigenvalue weighted by molar-refractivity contribution is 0.410. The molecule has 0 spiro atoms. The van der Waals surface area contributed by atoms with Gasteiger partial charge in [0.05, 0.1) is 7.11 Å². The predicted octanol–water partition coefficient (Wildman–Crippen LogP) is 3.23. The van der Waals surface area contributed by atoms with Crippen molar-refractivity contribution in [3.05, 3.63) is 52.8 Å². The normalized spacial score (nSPS) is 9.74. The first-order valence-electron chi connectivity index (χ1n) is 5.66. The van der Waals surface area contributed by atoms with Crippen molar-refractivity contribution in [1.29, 1.82) is 5.26 Å². The lowest BCUT2D eigenvalue weighted by atomic mass is 10.2. The first-order chi connectivity index (χ1) is 9.24. The van der Waals surface area contributed by atoms with Gasteiger partial charge in [-0.25, -0.2) is 4.98 Å². The van der Waals surface area contributed by atoms with E-state index < -0.39 is 0 Å². The Morgan fingerprint density at radius 1 is 1.42 bits per heavy atom. The van der Waals surface area contributed by atoms with Crippen LogP contribution in [0.4, 0.5) is 5.69 Å². The fourth-order valence-corrected chi connectivity index (χ4v) is 1.93. The summed E-state index contributed by atoms with van der Waals surface area (Å²) >= 11 is 6.15. The number of nitrogens with one attached hydrogen (secondary N) is 1. The second-order valence-corrected chi connectivity index (χ2v) is 4.22. The van der Waals surface area contributed by atoms with Gasteiger partial charge in [0.25, 0.3) is 0 Å². The zero-order valence-corrected chi connectivity index (χ0v) is 11.1. The first-order valence-corrected chi connectivity index (χ1v) is 6.04. The summed E-state index contributed by atoms with van der Waals surface area (Å²) in [5.74, 6) is 0.731. The van der Waals surface area contributed by atoms with Gasteiger partial charge in [-0.1, -0.05) is 17.7 Å². The van der Waals surface area contributed by atoms with Gasteiger partial charge in [-0.3, -0.25) is 0 Å². The molecule has 0 radical (unpaired) electrons. The van der Waals surface area contributed by atoms with Crippen LogP contribution in [-0.4, -0.2) is 12.1 Å². The molecular formula is C14H12ClN3O. The Labute approximate surface area is 116 Å². The highest BCUT2D eigenvalue weighted by molar-refractivity contribution is 6.31. The summed E-state index contributed by atoms with van der Waals surface area (Å²) in [7, 11) is 1.61. The monoisotopic (exact) mass is 273 g/mol. The molecule has 0 amide bonds. The van der Waals surface area contributed by atoms with Gasteiger partial charge >= 0.3 is 0 Å². The molecule has 96 valence electrons. The SMILES string of the molecule is COc1cccc(Cl)c1CNc1ccnc(C#N)c1. The summed E-state index contributed by atoms with van der Waals surface area (Å²) in [6, 6.07) is 11.0. The molecule has 0 aliphatic carbocycles. The van der Waals surface area contributed by atoms with E-state index in [-0.39, 0.29) is 0 Å². The highest BCUT2D eigenvalue weighted by atomic mass is 35.5. The van der Waals surface area contributed by atoms with E-state index in [1.54, 1.807) is 25.4 Å². The zero-order chi connectivity index (χ0) is 13.7. The van der Waals surface area contributed by atoms with Crippen LogP contribution < -0.4 is 10.1 Å². The Hall–Kier alpha value is -2.25. The Balaban J connectivity index is 2.17. The van der Waals surface area contributed by atoms with Gasteiger partial charge in [-0.15, -0.1) is 0 Å². The van der Waals surface area contributed by atoms with Crippen molar-refractivity contribution in [1.82, 2.24) is 4.98 Å². The van der Waals surface area contributed by atoms with Crippen molar-refractivity contribution < 1.29 is 4.74 Å². The average Bonchev–Trinajstić information content (AvgIpc) is 2.46. The van der Waals surface area contributed by atoms with Crippen LogP contribution in [0.1, 0.15) is 11.3 Å². The number of ether oxygens (including phenoxy) is 1. The Morgan fingerprint density at radius 2 is 2.26 bits per heavy atom. The third-order valence-corrected chi connectivity index (χ3v) is 2.99. The van der Waals surface area contributed by atoms with Crippen LogP contribution in [0.5, 0.6) is 5.75 Å². The molecular weight excluding hydrogens is 262 g/mol. The van der Waals surface area contributed by atoms with Crippen molar-refractivity contribution in [2.45, 2.75) is 6.54 Å². The molecule has 0 unspecified atom stereocenters. The molecule has 5 heteroatoms. The highest BCUT2D eigenvalue weighted by Crippen LogP contribution is 2.27. The molecule has 2 aromatic rings. The number of halogens is 1. The number of nitrogens with zero attached hydrogens (tertiary/aromatic N) is 2. The Bertz CT molecular complexity index is 622. The number of nitriles is 1. The first kappa shape index (κ1) is 13.2. The number of methoxy groups -OCH3 is 1. The third kappa shape index (κ3) is 3.15. The van der Waals surface area contributed by atoms with Crippen LogP contribution in [0.15, 0.2) is 36.5 Å². The van der Waals surface area contributed by atoms with Crippen LogP contribution in [-0.2, 0) is 6.54 Å². The maximum absolute atomic E-state index is 8.79. The number of rotatable bonds is 4. The van der Waals surface area contributed by atoms with Crippen molar-refractivity contribution in [3.8, 4) is 11.8 Å². The van der Waals surface area contributed by atoms with Gasteiger partial charge in [0.1, 0.15) is 17.5 Å². The molecule has 0 aliphatic heterocycles. The van der Waals surface area contributed by atoms with Crippen LogP contribution in [0.3, 0.4) is 0 Å². The summed E-state index contributed by atoms with van der Waals surface area (Å²) in [6.45, 7) is 0.512. The Kier molecular flexibility index (Phi) is 4.22. The standard InChI is InChI=1S/C14H12ClN3O/c1-19-14-4-2-3-13(15)12(14)9-18-10-5-6-17-11(7-10)8-16/h2-7H,9H2,1H3,(H,17,18). The van der Waals surface area contributed by atoms with Crippen molar-refractivity contribution in [2.24, 2.45) is 0 Å². The van der Waals surface area contributed by atoms with E-state index in [1.807, 2.05) is 24.3 Å². The Morgan fingerprint density at radius 3 is 3.00 bits per heavy atom. The van der Waals surface area contributed by atoms with E-state index in [0.29, 0.717) is 17.3 Å². The summed E-state index contributed by atoms with van der Waals surface area (Å²) in [5.41, 5.74) is 2.06. The van der Waals surface area contributed by atoms with Gasteiger partial charge in [0.2, 0.25) is 0 Å². The van der Waals surface area contributed by atoms with Crippen LogP contribution in [0.2, 0.25) is 5.02 Å². The summed E-state index contributed by atoms with van der Waals surface area (Å²) in [6.07, 6.45) is 1.59. The van der Waals surface area contributed by atoms with Crippen molar-refractivity contribution in [2.75, 3.05) is 12.4 Å². The molecule has 1 N–H and O–H groups in total. The maximum Gasteiger partial charge on any atom is 0.142 e. The lowest BCUT2D eigenvalue weighted by Gasteiger charge is -2.12. The van der Waals surface area contributed by atoms with E-state index in [9.17, 15) is 0 Å². The van der Waals surface area contributed by atoms with Crippen LogP contribution in [0.25, 0.3) is 0 Å². The number of hydrogen-bond donors (Lipinski definition) is 1. The smallest absolute Gasteiger partial charge is 0.142 e.